The van der Waals surface area contributed by atoms with E-state index in [0.29, 0.717) is 6.54 Å². The van der Waals surface area contributed by atoms with E-state index in [-0.39, 0.29) is 5.82 Å². The van der Waals surface area contributed by atoms with Crippen molar-refractivity contribution >= 4 is 5.69 Å². The Kier molecular flexibility index (Phi) is 6.07. The molecule has 0 unspecified atom stereocenters. The number of unbranched alkanes of at least 4 members (excludes halogenated alkanes) is 2. The van der Waals surface area contributed by atoms with E-state index in [9.17, 15) is 4.39 Å². The van der Waals surface area contributed by atoms with Crippen molar-refractivity contribution in [1.29, 1.82) is 0 Å². The van der Waals surface area contributed by atoms with E-state index in [0.717, 1.165) is 30.0 Å². The van der Waals surface area contributed by atoms with Crippen LogP contribution in [0.1, 0.15) is 31.7 Å². The van der Waals surface area contributed by atoms with Crippen LogP contribution in [0.15, 0.2) is 48.5 Å². The first-order chi connectivity index (χ1) is 10.3. The maximum atomic E-state index is 12.8. The van der Waals surface area contributed by atoms with Crippen molar-refractivity contribution < 1.29 is 9.13 Å². The summed E-state index contributed by atoms with van der Waals surface area (Å²) in [6, 6.07) is 14.5. The number of halogens is 1. The summed E-state index contributed by atoms with van der Waals surface area (Å²) in [6.07, 6.45) is 3.51. The summed E-state index contributed by atoms with van der Waals surface area (Å²) in [7, 11) is 0. The third-order valence-electron chi connectivity index (χ3n) is 3.28. The third-order valence-corrected chi connectivity index (χ3v) is 3.28. The Labute approximate surface area is 126 Å². The molecule has 112 valence electrons. The van der Waals surface area contributed by atoms with Gasteiger partial charge in [0.15, 0.2) is 0 Å². The molecule has 1 N–H and O–H groups in total. The lowest BCUT2D eigenvalue weighted by Crippen LogP contribution is -2.00. The number of nitrogens with one attached hydrogen (secondary N) is 1. The summed E-state index contributed by atoms with van der Waals surface area (Å²) in [5, 5.41) is 3.31. The van der Waals surface area contributed by atoms with Gasteiger partial charge in [0, 0.05) is 12.2 Å². The standard InChI is InChI=1S/C18H22FNO/c1-2-3-4-13-21-18-11-9-17(10-12-18)20-14-15-5-7-16(19)8-6-15/h5-12,20H,2-4,13-14H2,1H3. The fourth-order valence-electron chi connectivity index (χ4n) is 2.02. The van der Waals surface area contributed by atoms with Gasteiger partial charge in [0.2, 0.25) is 0 Å². The van der Waals surface area contributed by atoms with Crippen LogP contribution in [0.4, 0.5) is 10.1 Å². The van der Waals surface area contributed by atoms with Gasteiger partial charge in [-0.2, -0.15) is 0 Å². The Morgan fingerprint density at radius 1 is 0.952 bits per heavy atom. The molecule has 2 aromatic rings. The normalized spacial score (nSPS) is 10.4. The second-order valence-corrected chi connectivity index (χ2v) is 5.06. The molecule has 21 heavy (non-hydrogen) atoms. The molecule has 2 rings (SSSR count). The molecule has 0 aliphatic rings. The first-order valence-electron chi connectivity index (χ1n) is 7.49. The highest BCUT2D eigenvalue weighted by Gasteiger charge is 1.97. The number of hydrogen-bond donors (Lipinski definition) is 1. The predicted molar refractivity (Wildman–Crippen MR) is 85.2 cm³/mol. The maximum Gasteiger partial charge on any atom is 0.123 e. The molecule has 0 radical (unpaired) electrons. The lowest BCUT2D eigenvalue weighted by molar-refractivity contribution is 0.306. The molecule has 0 aliphatic heterocycles. The lowest BCUT2D eigenvalue weighted by Gasteiger charge is -2.09. The van der Waals surface area contributed by atoms with Crippen LogP contribution in [0.2, 0.25) is 0 Å². The van der Waals surface area contributed by atoms with Crippen molar-refractivity contribution in [2.45, 2.75) is 32.7 Å². The van der Waals surface area contributed by atoms with Crippen molar-refractivity contribution in [3.63, 3.8) is 0 Å². The number of anilines is 1. The molecule has 0 spiro atoms. The largest absolute Gasteiger partial charge is 0.494 e. The summed E-state index contributed by atoms with van der Waals surface area (Å²) in [4.78, 5) is 0. The van der Waals surface area contributed by atoms with Gasteiger partial charge in [0.05, 0.1) is 6.61 Å². The van der Waals surface area contributed by atoms with Crippen molar-refractivity contribution in [3.8, 4) is 5.75 Å². The number of ether oxygens (including phenoxy) is 1. The first kappa shape index (κ1) is 15.4. The molecule has 0 saturated heterocycles. The highest BCUT2D eigenvalue weighted by Crippen LogP contribution is 2.17. The first-order valence-corrected chi connectivity index (χ1v) is 7.49. The van der Waals surface area contributed by atoms with Gasteiger partial charge in [-0.1, -0.05) is 31.9 Å². The zero-order chi connectivity index (χ0) is 14.9. The summed E-state index contributed by atoms with van der Waals surface area (Å²) in [5.41, 5.74) is 2.08. The SMILES string of the molecule is CCCCCOc1ccc(NCc2ccc(F)cc2)cc1. The monoisotopic (exact) mass is 287 g/mol. The maximum absolute atomic E-state index is 12.8. The van der Waals surface area contributed by atoms with Crippen molar-refractivity contribution in [3.05, 3.63) is 59.9 Å². The number of rotatable bonds is 8. The Balaban J connectivity index is 1.78. The minimum Gasteiger partial charge on any atom is -0.494 e. The number of hydrogen-bond acceptors (Lipinski definition) is 2. The second kappa shape index (κ2) is 8.30. The Hall–Kier alpha value is -2.03. The van der Waals surface area contributed by atoms with E-state index >= 15 is 0 Å². The molecule has 0 aromatic heterocycles. The van der Waals surface area contributed by atoms with Gasteiger partial charge in [-0.25, -0.2) is 4.39 Å². The van der Waals surface area contributed by atoms with Gasteiger partial charge in [0.25, 0.3) is 0 Å². The molecule has 0 fully saturated rings. The lowest BCUT2D eigenvalue weighted by atomic mass is 10.2. The van der Waals surface area contributed by atoms with Crippen LogP contribution in [-0.4, -0.2) is 6.61 Å². The second-order valence-electron chi connectivity index (χ2n) is 5.06. The summed E-state index contributed by atoms with van der Waals surface area (Å²) in [6.45, 7) is 3.63. The van der Waals surface area contributed by atoms with E-state index < -0.39 is 0 Å². The molecule has 0 atom stereocenters. The van der Waals surface area contributed by atoms with Crippen LogP contribution < -0.4 is 10.1 Å². The van der Waals surface area contributed by atoms with Crippen molar-refractivity contribution in [2.24, 2.45) is 0 Å². The zero-order valence-corrected chi connectivity index (χ0v) is 12.4. The van der Waals surface area contributed by atoms with Crippen LogP contribution in [0, 0.1) is 5.82 Å². The van der Waals surface area contributed by atoms with Gasteiger partial charge in [-0.3, -0.25) is 0 Å². The van der Waals surface area contributed by atoms with E-state index in [1.54, 1.807) is 12.1 Å². The molecule has 2 nitrogen and oxygen atoms in total. The molecule has 0 aliphatic carbocycles. The van der Waals surface area contributed by atoms with Crippen LogP contribution in [-0.2, 0) is 6.54 Å². The number of benzene rings is 2. The zero-order valence-electron chi connectivity index (χ0n) is 12.4. The van der Waals surface area contributed by atoms with E-state index in [2.05, 4.69) is 12.2 Å². The smallest absolute Gasteiger partial charge is 0.123 e. The van der Waals surface area contributed by atoms with Crippen molar-refractivity contribution in [1.82, 2.24) is 0 Å². The Bertz CT molecular complexity index is 522. The summed E-state index contributed by atoms with van der Waals surface area (Å²) in [5.74, 6) is 0.696. The predicted octanol–water partition coefficient (Wildman–Crippen LogP) is 5.01. The van der Waals surface area contributed by atoms with Crippen molar-refractivity contribution in [2.75, 3.05) is 11.9 Å². The highest BCUT2D eigenvalue weighted by atomic mass is 19.1. The van der Waals surface area contributed by atoms with E-state index in [4.69, 9.17) is 4.74 Å². The van der Waals surface area contributed by atoms with Gasteiger partial charge in [-0.15, -0.1) is 0 Å². The Morgan fingerprint density at radius 2 is 1.67 bits per heavy atom. The van der Waals surface area contributed by atoms with Crippen LogP contribution in [0.25, 0.3) is 0 Å². The van der Waals surface area contributed by atoms with Crippen LogP contribution >= 0.6 is 0 Å². The molecule has 0 amide bonds. The average molecular weight is 287 g/mol. The average Bonchev–Trinajstić information content (AvgIpc) is 2.52. The minimum absolute atomic E-state index is 0.205. The van der Waals surface area contributed by atoms with Gasteiger partial charge < -0.3 is 10.1 Å². The Morgan fingerprint density at radius 3 is 2.33 bits per heavy atom. The summed E-state index contributed by atoms with van der Waals surface area (Å²) >= 11 is 0. The van der Waals surface area contributed by atoms with Gasteiger partial charge in [-0.05, 0) is 48.4 Å². The summed E-state index contributed by atoms with van der Waals surface area (Å²) < 4.78 is 18.5. The van der Waals surface area contributed by atoms with Crippen LogP contribution in [0.3, 0.4) is 0 Å². The van der Waals surface area contributed by atoms with Gasteiger partial charge >= 0.3 is 0 Å². The fourth-order valence-corrected chi connectivity index (χ4v) is 2.02. The minimum atomic E-state index is -0.205. The molecule has 0 saturated carbocycles. The third kappa shape index (κ3) is 5.46. The molecule has 0 bridgehead atoms. The highest BCUT2D eigenvalue weighted by molar-refractivity contribution is 5.46. The molecule has 0 heterocycles. The molecular formula is C18H22FNO. The van der Waals surface area contributed by atoms with Gasteiger partial charge in [0.1, 0.15) is 11.6 Å². The fraction of sp³-hybridized carbons (Fsp3) is 0.333. The van der Waals surface area contributed by atoms with E-state index in [1.807, 2.05) is 24.3 Å². The molecular weight excluding hydrogens is 265 g/mol. The molecule has 3 heteroatoms. The quantitative estimate of drug-likeness (QED) is 0.689. The van der Waals surface area contributed by atoms with E-state index in [1.165, 1.54) is 25.0 Å². The van der Waals surface area contributed by atoms with Crippen LogP contribution in [0.5, 0.6) is 5.75 Å². The molecule has 2 aromatic carbocycles. The topological polar surface area (TPSA) is 21.3 Å².